The van der Waals surface area contributed by atoms with Gasteiger partial charge >= 0.3 is 0 Å². The molecule has 4 nitrogen and oxygen atoms in total. The number of carbonyl (C=O) groups is 1. The molecular formula is C15H18N2O2. The first-order valence-electron chi connectivity index (χ1n) is 7.08. The maximum atomic E-state index is 12.6. The van der Waals surface area contributed by atoms with Gasteiger partial charge in [0.25, 0.3) is 0 Å². The molecule has 0 saturated carbocycles. The Morgan fingerprint density at radius 3 is 2.68 bits per heavy atom. The van der Waals surface area contributed by atoms with Crippen molar-refractivity contribution < 1.29 is 9.53 Å². The second kappa shape index (κ2) is 4.23. The fourth-order valence-corrected chi connectivity index (χ4v) is 3.46. The first kappa shape index (κ1) is 11.3. The van der Waals surface area contributed by atoms with E-state index in [1.165, 1.54) is 5.56 Å². The van der Waals surface area contributed by atoms with Gasteiger partial charge in [0.2, 0.25) is 5.91 Å². The Morgan fingerprint density at radius 2 is 1.95 bits per heavy atom. The highest BCUT2D eigenvalue weighted by atomic mass is 16.5. The molecule has 2 fully saturated rings. The van der Waals surface area contributed by atoms with Crippen LogP contribution in [0.3, 0.4) is 0 Å². The maximum absolute atomic E-state index is 12.6. The SMILES string of the molecule is O=C([C@@H]1Cc2ccccc2N1)N1CC2CCC(C1)O2. The Balaban J connectivity index is 1.48. The average molecular weight is 258 g/mol. The average Bonchev–Trinajstić information content (AvgIpc) is 3.01. The standard InChI is InChI=1S/C15H18N2O2/c18-15(17-8-11-5-6-12(9-17)19-11)14-7-10-3-1-2-4-13(10)16-14/h1-4,11-12,14,16H,5-9H2/t11?,12?,14-/m0/s1. The molecule has 1 aromatic carbocycles. The number of rotatable bonds is 1. The number of nitrogens with zero attached hydrogens (tertiary/aromatic N) is 1. The number of fused-ring (bicyclic) bond motifs is 3. The largest absolute Gasteiger partial charge is 0.373 e. The molecule has 4 rings (SSSR count). The molecular weight excluding hydrogens is 240 g/mol. The quantitative estimate of drug-likeness (QED) is 0.828. The van der Waals surface area contributed by atoms with Crippen molar-refractivity contribution in [1.82, 2.24) is 4.90 Å². The van der Waals surface area contributed by atoms with Crippen molar-refractivity contribution in [3.05, 3.63) is 29.8 Å². The fourth-order valence-electron chi connectivity index (χ4n) is 3.46. The molecule has 3 atom stereocenters. The zero-order valence-electron chi connectivity index (χ0n) is 10.8. The van der Waals surface area contributed by atoms with Crippen molar-refractivity contribution in [2.24, 2.45) is 0 Å². The van der Waals surface area contributed by atoms with Crippen molar-refractivity contribution in [2.45, 2.75) is 37.5 Å². The highest BCUT2D eigenvalue weighted by Gasteiger charge is 2.38. The molecule has 4 heteroatoms. The molecule has 2 unspecified atom stereocenters. The van der Waals surface area contributed by atoms with Crippen molar-refractivity contribution >= 4 is 11.6 Å². The van der Waals surface area contributed by atoms with E-state index in [-0.39, 0.29) is 24.2 Å². The summed E-state index contributed by atoms with van der Waals surface area (Å²) in [6.07, 6.45) is 3.55. The number of carbonyl (C=O) groups excluding carboxylic acids is 1. The van der Waals surface area contributed by atoms with Gasteiger partial charge in [0.05, 0.1) is 12.2 Å². The van der Waals surface area contributed by atoms with E-state index in [0.717, 1.165) is 38.0 Å². The summed E-state index contributed by atoms with van der Waals surface area (Å²) in [6, 6.07) is 8.09. The Hall–Kier alpha value is -1.55. The van der Waals surface area contributed by atoms with Crippen molar-refractivity contribution in [3.8, 4) is 0 Å². The predicted molar refractivity (Wildman–Crippen MR) is 72.0 cm³/mol. The third-order valence-electron chi connectivity index (χ3n) is 4.42. The number of benzene rings is 1. The van der Waals surface area contributed by atoms with Crippen LogP contribution in [-0.2, 0) is 16.0 Å². The molecule has 100 valence electrons. The van der Waals surface area contributed by atoms with Crippen LogP contribution >= 0.6 is 0 Å². The number of amides is 1. The van der Waals surface area contributed by atoms with E-state index in [2.05, 4.69) is 11.4 Å². The van der Waals surface area contributed by atoms with Crippen LogP contribution in [0.1, 0.15) is 18.4 Å². The summed E-state index contributed by atoms with van der Waals surface area (Å²) in [5.74, 6) is 0.233. The summed E-state index contributed by atoms with van der Waals surface area (Å²) < 4.78 is 5.79. The Kier molecular flexibility index (Phi) is 2.52. The van der Waals surface area contributed by atoms with Crippen molar-refractivity contribution in [1.29, 1.82) is 0 Å². The van der Waals surface area contributed by atoms with Crippen LogP contribution in [0.5, 0.6) is 0 Å². The number of anilines is 1. The molecule has 3 aliphatic heterocycles. The minimum Gasteiger partial charge on any atom is -0.373 e. The van der Waals surface area contributed by atoms with Gasteiger partial charge in [-0.1, -0.05) is 18.2 Å². The highest BCUT2D eigenvalue weighted by molar-refractivity contribution is 5.87. The number of morpholine rings is 1. The molecule has 1 aromatic rings. The molecule has 2 saturated heterocycles. The molecule has 0 spiro atoms. The van der Waals surface area contributed by atoms with E-state index in [9.17, 15) is 4.79 Å². The van der Waals surface area contributed by atoms with E-state index >= 15 is 0 Å². The molecule has 3 aliphatic rings. The van der Waals surface area contributed by atoms with Crippen LogP contribution < -0.4 is 5.32 Å². The summed E-state index contributed by atoms with van der Waals surface area (Å²) in [5.41, 5.74) is 2.36. The van der Waals surface area contributed by atoms with Gasteiger partial charge in [0.1, 0.15) is 6.04 Å². The van der Waals surface area contributed by atoms with E-state index in [0.29, 0.717) is 0 Å². The first-order valence-corrected chi connectivity index (χ1v) is 7.08. The lowest BCUT2D eigenvalue weighted by Crippen LogP contribution is -2.50. The summed E-state index contributed by atoms with van der Waals surface area (Å²) in [4.78, 5) is 14.6. The van der Waals surface area contributed by atoms with Gasteiger partial charge in [0, 0.05) is 25.2 Å². The normalized spacial score (nSPS) is 32.0. The zero-order valence-corrected chi connectivity index (χ0v) is 10.8. The fraction of sp³-hybridized carbons (Fsp3) is 0.533. The summed E-state index contributed by atoms with van der Waals surface area (Å²) in [5, 5.41) is 3.35. The first-order chi connectivity index (χ1) is 9.29. The van der Waals surface area contributed by atoms with Gasteiger partial charge in [-0.3, -0.25) is 4.79 Å². The van der Waals surface area contributed by atoms with Gasteiger partial charge in [-0.2, -0.15) is 0 Å². The van der Waals surface area contributed by atoms with E-state index in [1.54, 1.807) is 0 Å². The Labute approximate surface area is 112 Å². The molecule has 3 heterocycles. The smallest absolute Gasteiger partial charge is 0.245 e. The molecule has 1 amide bonds. The number of hydrogen-bond acceptors (Lipinski definition) is 3. The summed E-state index contributed by atoms with van der Waals surface area (Å²) >= 11 is 0. The molecule has 0 radical (unpaired) electrons. The summed E-state index contributed by atoms with van der Waals surface area (Å²) in [6.45, 7) is 1.54. The lowest BCUT2D eigenvalue weighted by molar-refractivity contribution is -0.140. The third-order valence-corrected chi connectivity index (χ3v) is 4.42. The molecule has 0 aliphatic carbocycles. The highest BCUT2D eigenvalue weighted by Crippen LogP contribution is 2.29. The topological polar surface area (TPSA) is 41.6 Å². The Morgan fingerprint density at radius 1 is 1.21 bits per heavy atom. The van der Waals surface area contributed by atoms with Gasteiger partial charge in [0.15, 0.2) is 0 Å². The van der Waals surface area contributed by atoms with Crippen molar-refractivity contribution in [3.63, 3.8) is 0 Å². The van der Waals surface area contributed by atoms with Crippen LogP contribution in [-0.4, -0.2) is 42.1 Å². The van der Waals surface area contributed by atoms with E-state index in [4.69, 9.17) is 4.74 Å². The number of ether oxygens (including phenoxy) is 1. The summed E-state index contributed by atoms with van der Waals surface area (Å²) in [7, 11) is 0. The molecule has 0 aromatic heterocycles. The predicted octanol–water partition coefficient (Wildman–Crippen LogP) is 1.41. The van der Waals surface area contributed by atoms with Crippen LogP contribution in [0.2, 0.25) is 0 Å². The van der Waals surface area contributed by atoms with Gasteiger partial charge < -0.3 is 15.0 Å². The van der Waals surface area contributed by atoms with Gasteiger partial charge in [-0.15, -0.1) is 0 Å². The monoisotopic (exact) mass is 258 g/mol. The second-order valence-corrected chi connectivity index (χ2v) is 5.76. The maximum Gasteiger partial charge on any atom is 0.245 e. The van der Waals surface area contributed by atoms with Crippen LogP contribution in [0.25, 0.3) is 0 Å². The van der Waals surface area contributed by atoms with Gasteiger partial charge in [-0.05, 0) is 24.5 Å². The minimum absolute atomic E-state index is 0.0881. The minimum atomic E-state index is -0.0881. The lowest BCUT2D eigenvalue weighted by Gasteiger charge is -2.33. The second-order valence-electron chi connectivity index (χ2n) is 5.76. The van der Waals surface area contributed by atoms with E-state index < -0.39 is 0 Å². The van der Waals surface area contributed by atoms with Crippen molar-refractivity contribution in [2.75, 3.05) is 18.4 Å². The zero-order chi connectivity index (χ0) is 12.8. The number of para-hydroxylation sites is 1. The molecule has 1 N–H and O–H groups in total. The number of nitrogens with one attached hydrogen (secondary N) is 1. The van der Waals surface area contributed by atoms with Crippen LogP contribution in [0.4, 0.5) is 5.69 Å². The number of hydrogen-bond donors (Lipinski definition) is 1. The number of likely N-dealkylation sites (tertiary alicyclic amines) is 1. The Bertz CT molecular complexity index is 480. The molecule has 2 bridgehead atoms. The van der Waals surface area contributed by atoms with E-state index in [1.807, 2.05) is 23.1 Å². The lowest BCUT2D eigenvalue weighted by atomic mass is 10.1. The van der Waals surface area contributed by atoms with Gasteiger partial charge in [-0.25, -0.2) is 0 Å². The molecule has 19 heavy (non-hydrogen) atoms. The van der Waals surface area contributed by atoms with Crippen LogP contribution in [0, 0.1) is 0 Å². The van der Waals surface area contributed by atoms with Crippen LogP contribution in [0.15, 0.2) is 24.3 Å². The third kappa shape index (κ3) is 1.91.